The fourth-order valence-electron chi connectivity index (χ4n) is 3.12. The van der Waals surface area contributed by atoms with Gasteiger partial charge < -0.3 is 15.2 Å². The van der Waals surface area contributed by atoms with Crippen LogP contribution in [0.25, 0.3) is 0 Å². The molecule has 0 unspecified atom stereocenters. The topological polar surface area (TPSA) is 119 Å². The van der Waals surface area contributed by atoms with E-state index in [4.69, 9.17) is 4.74 Å². The zero-order chi connectivity index (χ0) is 24.1. The first-order valence-electron chi connectivity index (χ1n) is 10.2. The second-order valence-corrected chi connectivity index (χ2v) is 9.26. The van der Waals surface area contributed by atoms with Crippen LogP contribution in [0.3, 0.4) is 0 Å². The minimum atomic E-state index is -1.07. The Balaban J connectivity index is 1.32. The third-order valence-corrected chi connectivity index (χ3v) is 6.22. The van der Waals surface area contributed by atoms with Gasteiger partial charge in [-0.2, -0.15) is 0 Å². The summed E-state index contributed by atoms with van der Waals surface area (Å²) < 4.78 is 8.02. The van der Waals surface area contributed by atoms with Gasteiger partial charge in [0.05, 0.1) is 19.3 Å². The van der Waals surface area contributed by atoms with Gasteiger partial charge in [-0.1, -0.05) is 33.3 Å². The molecule has 0 aliphatic heterocycles. The molecule has 0 radical (unpaired) electrons. The summed E-state index contributed by atoms with van der Waals surface area (Å²) in [5, 5.41) is 23.2. The summed E-state index contributed by atoms with van der Waals surface area (Å²) in [5.74, 6) is -0.982. The van der Waals surface area contributed by atoms with Crippen molar-refractivity contribution in [3.05, 3.63) is 91.6 Å². The number of aromatic carboxylic acids is 1. The van der Waals surface area contributed by atoms with Gasteiger partial charge in [-0.3, -0.25) is 4.79 Å². The van der Waals surface area contributed by atoms with E-state index in [0.717, 1.165) is 16.3 Å². The van der Waals surface area contributed by atoms with Crippen LogP contribution in [0.4, 0.5) is 0 Å². The van der Waals surface area contributed by atoms with Gasteiger partial charge in [0.2, 0.25) is 0 Å². The second-order valence-electron chi connectivity index (χ2n) is 7.40. The fraction of sp³-hybridized carbons (Fsp3) is 0.174. The van der Waals surface area contributed by atoms with E-state index in [1.165, 1.54) is 17.4 Å². The molecule has 11 heteroatoms. The lowest BCUT2D eigenvalue weighted by Gasteiger charge is -2.08. The maximum absolute atomic E-state index is 12.4. The van der Waals surface area contributed by atoms with Gasteiger partial charge in [0.15, 0.2) is 0 Å². The molecule has 0 bridgehead atoms. The Kier molecular flexibility index (Phi) is 7.33. The Morgan fingerprint density at radius 2 is 2.00 bits per heavy atom. The molecule has 4 aromatic rings. The number of aryl methyl sites for hydroxylation is 1. The summed E-state index contributed by atoms with van der Waals surface area (Å²) in [6, 6.07) is 12.0. The summed E-state index contributed by atoms with van der Waals surface area (Å²) in [6.07, 6.45) is 1.73. The predicted molar refractivity (Wildman–Crippen MR) is 129 cm³/mol. The minimum Gasteiger partial charge on any atom is -0.486 e. The highest BCUT2D eigenvalue weighted by atomic mass is 79.9. The van der Waals surface area contributed by atoms with E-state index in [1.807, 2.05) is 24.4 Å². The summed E-state index contributed by atoms with van der Waals surface area (Å²) in [4.78, 5) is 28.1. The number of aromatic nitrogens is 4. The van der Waals surface area contributed by atoms with Crippen LogP contribution < -0.4 is 10.1 Å². The van der Waals surface area contributed by atoms with Gasteiger partial charge in [-0.25, -0.2) is 14.5 Å². The number of nitrogens with one attached hydrogen (secondary N) is 1. The van der Waals surface area contributed by atoms with Crippen molar-refractivity contribution in [2.24, 2.45) is 0 Å². The number of ether oxygens (including phenoxy) is 1. The second kappa shape index (κ2) is 10.6. The molecule has 0 aliphatic carbocycles. The lowest BCUT2D eigenvalue weighted by atomic mass is 10.1. The van der Waals surface area contributed by atoms with E-state index in [1.54, 1.807) is 35.1 Å². The number of nitrogens with zero attached hydrogens (tertiary/aromatic N) is 4. The van der Waals surface area contributed by atoms with E-state index < -0.39 is 5.97 Å². The van der Waals surface area contributed by atoms with E-state index >= 15 is 0 Å². The monoisotopic (exact) mass is 541 g/mol. The van der Waals surface area contributed by atoms with Crippen molar-refractivity contribution in [2.45, 2.75) is 26.6 Å². The number of benzene rings is 2. The van der Waals surface area contributed by atoms with Gasteiger partial charge in [-0.15, -0.1) is 16.4 Å². The Morgan fingerprint density at radius 1 is 1.21 bits per heavy atom. The third-order valence-electron chi connectivity index (χ3n) is 4.76. The molecule has 0 aliphatic rings. The van der Waals surface area contributed by atoms with Gasteiger partial charge in [0, 0.05) is 21.1 Å². The van der Waals surface area contributed by atoms with Crippen LogP contribution in [-0.4, -0.2) is 37.0 Å². The van der Waals surface area contributed by atoms with Crippen molar-refractivity contribution in [2.75, 3.05) is 0 Å². The van der Waals surface area contributed by atoms with Gasteiger partial charge in [0.1, 0.15) is 28.6 Å². The molecule has 2 aromatic carbocycles. The minimum absolute atomic E-state index is 0.0708. The number of carboxylic acid groups (broad SMARTS) is 1. The Morgan fingerprint density at radius 3 is 2.71 bits per heavy atom. The summed E-state index contributed by atoms with van der Waals surface area (Å²) in [7, 11) is 0. The zero-order valence-corrected chi connectivity index (χ0v) is 20.5. The molecule has 2 N–H and O–H groups in total. The molecule has 0 saturated carbocycles. The standard InChI is InChI=1S/C23H20BrN5O4S/c1-14-13-34-21(26-14)9-25-22(30)16-4-2-15(3-5-16)10-29-11-18(27-28-29)12-33-20-8-17(24)6-7-19(20)23(31)32/h2-8,11,13H,9-10,12H2,1H3,(H,25,30)(H,31,32). The molecule has 2 heterocycles. The van der Waals surface area contributed by atoms with Crippen LogP contribution in [0, 0.1) is 6.92 Å². The maximum Gasteiger partial charge on any atom is 0.339 e. The first-order valence-corrected chi connectivity index (χ1v) is 11.9. The molecular weight excluding hydrogens is 522 g/mol. The number of carbonyl (C=O) groups excluding carboxylic acids is 1. The number of hydrogen-bond donors (Lipinski definition) is 2. The number of carboxylic acids is 1. The quantitative estimate of drug-likeness (QED) is 0.327. The summed E-state index contributed by atoms with van der Waals surface area (Å²) >= 11 is 4.83. The van der Waals surface area contributed by atoms with E-state index in [0.29, 0.717) is 28.8 Å². The molecule has 0 fully saturated rings. The molecule has 4 rings (SSSR count). The average molecular weight is 542 g/mol. The van der Waals surface area contributed by atoms with Crippen LogP contribution in [0.15, 0.2) is 58.5 Å². The van der Waals surface area contributed by atoms with E-state index in [2.05, 4.69) is 36.5 Å². The third kappa shape index (κ3) is 6.06. The SMILES string of the molecule is Cc1csc(CNC(=O)c2ccc(Cn3cc(COc4cc(Br)ccc4C(=O)O)nn3)cc2)n1. The van der Waals surface area contributed by atoms with Crippen LogP contribution in [0.5, 0.6) is 5.75 Å². The first-order chi connectivity index (χ1) is 16.4. The van der Waals surface area contributed by atoms with Gasteiger partial charge in [0.25, 0.3) is 5.91 Å². The number of carbonyl (C=O) groups is 2. The van der Waals surface area contributed by atoms with E-state index in [9.17, 15) is 14.7 Å². The number of halogens is 1. The number of amides is 1. The highest BCUT2D eigenvalue weighted by Crippen LogP contribution is 2.24. The highest BCUT2D eigenvalue weighted by Gasteiger charge is 2.13. The van der Waals surface area contributed by atoms with Crippen LogP contribution in [0.2, 0.25) is 0 Å². The van der Waals surface area contributed by atoms with Gasteiger partial charge in [-0.05, 0) is 42.8 Å². The summed E-state index contributed by atoms with van der Waals surface area (Å²) in [6.45, 7) is 2.86. The van der Waals surface area contributed by atoms with Crippen molar-refractivity contribution in [3.8, 4) is 5.75 Å². The molecule has 9 nitrogen and oxygen atoms in total. The molecule has 2 aromatic heterocycles. The average Bonchev–Trinajstić information content (AvgIpc) is 3.45. The molecule has 0 atom stereocenters. The number of thiazole rings is 1. The van der Waals surface area contributed by atoms with Crippen molar-refractivity contribution in [1.82, 2.24) is 25.3 Å². The number of rotatable bonds is 9. The largest absolute Gasteiger partial charge is 0.486 e. The van der Waals surface area contributed by atoms with Crippen molar-refractivity contribution in [1.29, 1.82) is 0 Å². The van der Waals surface area contributed by atoms with Crippen LogP contribution in [-0.2, 0) is 19.7 Å². The molecule has 1 amide bonds. The van der Waals surface area contributed by atoms with Crippen molar-refractivity contribution < 1.29 is 19.4 Å². The fourth-order valence-corrected chi connectivity index (χ4v) is 4.17. The smallest absolute Gasteiger partial charge is 0.339 e. The molecule has 0 spiro atoms. The lowest BCUT2D eigenvalue weighted by Crippen LogP contribution is -2.22. The number of hydrogen-bond acceptors (Lipinski definition) is 7. The first kappa shape index (κ1) is 23.6. The molecule has 0 saturated heterocycles. The maximum atomic E-state index is 12.4. The van der Waals surface area contributed by atoms with Crippen LogP contribution in [0.1, 0.15) is 42.7 Å². The summed E-state index contributed by atoms with van der Waals surface area (Å²) in [5.41, 5.74) is 3.09. The lowest BCUT2D eigenvalue weighted by molar-refractivity contribution is 0.0691. The van der Waals surface area contributed by atoms with Crippen molar-refractivity contribution >= 4 is 39.1 Å². The van der Waals surface area contributed by atoms with E-state index in [-0.39, 0.29) is 23.8 Å². The van der Waals surface area contributed by atoms with Crippen LogP contribution >= 0.6 is 27.3 Å². The predicted octanol–water partition coefficient (Wildman–Crippen LogP) is 4.06. The highest BCUT2D eigenvalue weighted by molar-refractivity contribution is 9.10. The molecular formula is C23H20BrN5O4S. The normalized spacial score (nSPS) is 10.8. The van der Waals surface area contributed by atoms with Crippen molar-refractivity contribution in [3.63, 3.8) is 0 Å². The zero-order valence-electron chi connectivity index (χ0n) is 18.1. The molecule has 174 valence electrons. The Hall–Kier alpha value is -3.57. The van der Waals surface area contributed by atoms with Gasteiger partial charge >= 0.3 is 5.97 Å². The Bertz CT molecular complexity index is 1320. The molecule has 34 heavy (non-hydrogen) atoms. The Labute approximate surface area is 207 Å².